The van der Waals surface area contributed by atoms with Crippen LogP contribution >= 0.6 is 39.5 Å². The van der Waals surface area contributed by atoms with Crippen molar-refractivity contribution in [3.05, 3.63) is 69.7 Å². The fourth-order valence-electron chi connectivity index (χ4n) is 3.17. The molecule has 10 heteroatoms. The zero-order valence-electron chi connectivity index (χ0n) is 15.8. The molecule has 0 bridgehead atoms. The molecule has 1 aliphatic carbocycles. The fourth-order valence-corrected chi connectivity index (χ4v) is 4.06. The van der Waals surface area contributed by atoms with E-state index in [9.17, 15) is 4.79 Å². The summed E-state index contributed by atoms with van der Waals surface area (Å²) < 4.78 is 5.35. The van der Waals surface area contributed by atoms with Crippen molar-refractivity contribution in [3.63, 3.8) is 0 Å². The van der Waals surface area contributed by atoms with Gasteiger partial charge in [0.05, 0.1) is 16.4 Å². The lowest BCUT2D eigenvalue weighted by Crippen LogP contribution is -2.31. The lowest BCUT2D eigenvalue weighted by molar-refractivity contribution is 0.247. The van der Waals surface area contributed by atoms with E-state index in [-0.39, 0.29) is 6.03 Å². The summed E-state index contributed by atoms with van der Waals surface area (Å²) in [7, 11) is 0. The number of hydrogen-bond donors (Lipinski definition) is 2. The number of hydrogen-bond acceptors (Lipinski definition) is 5. The van der Waals surface area contributed by atoms with Crippen LogP contribution in [-0.4, -0.2) is 32.3 Å². The van der Waals surface area contributed by atoms with E-state index >= 15 is 0 Å². The standard InChI is InChI=1S/C20H18BrClN6OS/c21-15-11-24-19(25-12-15)28-18-13(2-1-3-14(18)10-26-28)8-9-23-20(29)27-30-17-6-4-16(22)5-7-17/h4-8,10-12H,1-3,9H2,(H2,23,27,29)/b13-8+. The summed E-state index contributed by atoms with van der Waals surface area (Å²) >= 11 is 10.5. The second-order valence-corrected chi connectivity index (χ2v) is 8.81. The van der Waals surface area contributed by atoms with E-state index in [2.05, 4.69) is 41.0 Å². The molecular formula is C20H18BrClN6OS. The maximum Gasteiger partial charge on any atom is 0.325 e. The third-order valence-electron chi connectivity index (χ3n) is 4.52. The van der Waals surface area contributed by atoms with Gasteiger partial charge in [-0.25, -0.2) is 14.8 Å². The Morgan fingerprint density at radius 2 is 1.97 bits per heavy atom. The van der Waals surface area contributed by atoms with Gasteiger partial charge in [0.25, 0.3) is 5.95 Å². The van der Waals surface area contributed by atoms with Gasteiger partial charge in [-0.15, -0.1) is 0 Å². The van der Waals surface area contributed by atoms with Crippen LogP contribution in [0.3, 0.4) is 0 Å². The van der Waals surface area contributed by atoms with Crippen LogP contribution in [0.5, 0.6) is 0 Å². The Kier molecular flexibility index (Phi) is 6.71. The molecule has 0 unspecified atom stereocenters. The van der Waals surface area contributed by atoms with Crippen LogP contribution in [-0.2, 0) is 6.42 Å². The van der Waals surface area contributed by atoms with Gasteiger partial charge in [0.1, 0.15) is 0 Å². The number of carbonyl (C=O) groups excluding carboxylic acids is 1. The van der Waals surface area contributed by atoms with Crippen molar-refractivity contribution in [2.45, 2.75) is 24.2 Å². The first-order chi connectivity index (χ1) is 14.6. The number of halogens is 2. The van der Waals surface area contributed by atoms with Crippen molar-refractivity contribution in [3.8, 4) is 5.95 Å². The van der Waals surface area contributed by atoms with Crippen molar-refractivity contribution in [2.75, 3.05) is 6.54 Å². The molecule has 2 heterocycles. The molecule has 4 rings (SSSR count). The van der Waals surface area contributed by atoms with Crippen LogP contribution in [0.25, 0.3) is 11.5 Å². The second kappa shape index (κ2) is 9.63. The Labute approximate surface area is 191 Å². The normalized spacial score (nSPS) is 14.4. The molecule has 0 radical (unpaired) electrons. The minimum absolute atomic E-state index is 0.257. The van der Waals surface area contributed by atoms with Crippen molar-refractivity contribution in [1.29, 1.82) is 0 Å². The quantitative estimate of drug-likeness (QED) is 0.486. The number of nitrogens with one attached hydrogen (secondary N) is 2. The van der Waals surface area contributed by atoms with E-state index in [0.29, 0.717) is 17.5 Å². The number of carbonyl (C=O) groups is 1. The van der Waals surface area contributed by atoms with E-state index < -0.39 is 0 Å². The predicted octanol–water partition coefficient (Wildman–Crippen LogP) is 4.80. The van der Waals surface area contributed by atoms with Crippen LogP contribution in [0.4, 0.5) is 4.79 Å². The molecule has 30 heavy (non-hydrogen) atoms. The van der Waals surface area contributed by atoms with E-state index in [4.69, 9.17) is 11.6 Å². The summed E-state index contributed by atoms with van der Waals surface area (Å²) in [4.78, 5) is 21.7. The molecule has 0 saturated carbocycles. The lowest BCUT2D eigenvalue weighted by atomic mass is 9.93. The SMILES string of the molecule is O=C(NC/C=C1\CCCc2cnn(-c3ncc(Br)cn3)c21)NSc1ccc(Cl)cc1. The average molecular weight is 506 g/mol. The molecule has 154 valence electrons. The van der Waals surface area contributed by atoms with Crippen LogP contribution in [0.2, 0.25) is 5.02 Å². The summed E-state index contributed by atoms with van der Waals surface area (Å²) in [6, 6.07) is 7.01. The third-order valence-corrected chi connectivity index (χ3v) is 5.98. The second-order valence-electron chi connectivity index (χ2n) is 6.58. The highest BCUT2D eigenvalue weighted by Gasteiger charge is 2.21. The van der Waals surface area contributed by atoms with Gasteiger partial charge in [-0.05, 0) is 82.5 Å². The number of aromatic nitrogens is 4. The molecule has 7 nitrogen and oxygen atoms in total. The number of aryl methyl sites for hydroxylation is 1. The molecule has 1 aromatic carbocycles. The molecule has 0 fully saturated rings. The van der Waals surface area contributed by atoms with Crippen LogP contribution in [0.15, 0.2) is 58.3 Å². The average Bonchev–Trinajstić information content (AvgIpc) is 3.19. The van der Waals surface area contributed by atoms with Gasteiger partial charge < -0.3 is 5.32 Å². The fraction of sp³-hybridized carbons (Fsp3) is 0.200. The maximum absolute atomic E-state index is 12.1. The molecule has 1 aliphatic rings. The van der Waals surface area contributed by atoms with Gasteiger partial charge in [0, 0.05) is 28.9 Å². The smallest absolute Gasteiger partial charge is 0.325 e. The molecule has 2 N–H and O–H groups in total. The largest absolute Gasteiger partial charge is 0.334 e. The maximum atomic E-state index is 12.1. The minimum Gasteiger partial charge on any atom is -0.334 e. The van der Waals surface area contributed by atoms with Gasteiger partial charge >= 0.3 is 6.03 Å². The zero-order valence-corrected chi connectivity index (χ0v) is 19.0. The molecule has 3 aromatic rings. The Morgan fingerprint density at radius 3 is 2.73 bits per heavy atom. The number of allylic oxidation sites excluding steroid dienone is 1. The molecule has 0 aliphatic heterocycles. The first-order valence-corrected chi connectivity index (χ1v) is 11.3. The van der Waals surface area contributed by atoms with E-state index in [0.717, 1.165) is 39.9 Å². The topological polar surface area (TPSA) is 84.7 Å². The van der Waals surface area contributed by atoms with Crippen molar-refractivity contribution < 1.29 is 4.79 Å². The summed E-state index contributed by atoms with van der Waals surface area (Å²) in [5.74, 6) is 0.525. The van der Waals surface area contributed by atoms with E-state index in [1.807, 2.05) is 24.4 Å². The highest BCUT2D eigenvalue weighted by molar-refractivity contribution is 9.10. The van der Waals surface area contributed by atoms with Gasteiger partial charge in [0.2, 0.25) is 0 Å². The molecular weight excluding hydrogens is 488 g/mol. The Hall–Kier alpha value is -2.36. The van der Waals surface area contributed by atoms with Crippen LogP contribution < -0.4 is 10.0 Å². The van der Waals surface area contributed by atoms with Crippen molar-refractivity contribution in [1.82, 2.24) is 29.8 Å². The monoisotopic (exact) mass is 504 g/mol. The highest BCUT2D eigenvalue weighted by atomic mass is 79.9. The summed E-state index contributed by atoms with van der Waals surface area (Å²) in [6.45, 7) is 0.411. The van der Waals surface area contributed by atoms with E-state index in [1.165, 1.54) is 17.5 Å². The molecule has 0 spiro atoms. The zero-order chi connectivity index (χ0) is 20.9. The van der Waals surface area contributed by atoms with Gasteiger partial charge in [-0.2, -0.15) is 9.78 Å². The third kappa shape index (κ3) is 5.03. The number of benzene rings is 1. The number of urea groups is 1. The molecule has 2 amide bonds. The number of amides is 2. The van der Waals surface area contributed by atoms with Crippen molar-refractivity contribution >= 4 is 51.1 Å². The molecule has 0 saturated heterocycles. The predicted molar refractivity (Wildman–Crippen MR) is 122 cm³/mol. The Morgan fingerprint density at radius 1 is 1.20 bits per heavy atom. The van der Waals surface area contributed by atoms with Crippen LogP contribution in [0, 0.1) is 0 Å². The highest BCUT2D eigenvalue weighted by Crippen LogP contribution is 2.31. The van der Waals surface area contributed by atoms with Gasteiger partial charge in [-0.3, -0.25) is 4.72 Å². The number of rotatable bonds is 5. The molecule has 2 aromatic heterocycles. The van der Waals surface area contributed by atoms with Gasteiger partial charge in [0.15, 0.2) is 0 Å². The minimum atomic E-state index is -0.257. The first kappa shape index (κ1) is 20.9. The van der Waals surface area contributed by atoms with Crippen molar-refractivity contribution in [2.24, 2.45) is 0 Å². The number of fused-ring (bicyclic) bond motifs is 1. The Bertz CT molecular complexity index is 1070. The van der Waals surface area contributed by atoms with E-state index in [1.54, 1.807) is 29.2 Å². The number of nitrogens with zero attached hydrogens (tertiary/aromatic N) is 4. The van der Waals surface area contributed by atoms with Crippen LogP contribution in [0.1, 0.15) is 24.1 Å². The Balaban J connectivity index is 1.40. The van der Waals surface area contributed by atoms with Gasteiger partial charge in [-0.1, -0.05) is 17.7 Å². The summed E-state index contributed by atoms with van der Waals surface area (Å²) in [5, 5.41) is 8.01. The first-order valence-electron chi connectivity index (χ1n) is 9.30. The lowest BCUT2D eigenvalue weighted by Gasteiger charge is -2.17. The summed E-state index contributed by atoms with van der Waals surface area (Å²) in [6.07, 6.45) is 10.2. The summed E-state index contributed by atoms with van der Waals surface area (Å²) in [5.41, 5.74) is 3.31. The molecule has 0 atom stereocenters.